The van der Waals surface area contributed by atoms with Gasteiger partial charge in [-0.05, 0) is 11.6 Å². The van der Waals surface area contributed by atoms with Crippen LogP contribution in [0, 0.1) is 10.1 Å². The number of aromatic nitrogens is 2. The van der Waals surface area contributed by atoms with E-state index in [1.54, 1.807) is 29.2 Å². The molecule has 0 spiro atoms. The summed E-state index contributed by atoms with van der Waals surface area (Å²) in [5.41, 5.74) is 7.06. The molecule has 0 aliphatic rings. The third-order valence-corrected chi connectivity index (χ3v) is 2.75. The second-order valence-corrected chi connectivity index (χ2v) is 4.05. The van der Waals surface area contributed by atoms with E-state index in [-0.39, 0.29) is 18.0 Å². The van der Waals surface area contributed by atoms with Crippen LogP contribution >= 0.6 is 0 Å². The number of hydrogen-bond donors (Lipinski definition) is 1. The number of imidazole rings is 1. The number of benzene rings is 1. The first-order chi connectivity index (χ1) is 9.11. The van der Waals surface area contributed by atoms with Gasteiger partial charge in [-0.25, -0.2) is 4.98 Å². The van der Waals surface area contributed by atoms with Crippen molar-refractivity contribution >= 4 is 5.69 Å². The minimum atomic E-state index is -0.473. The number of hydrogen-bond acceptors (Lipinski definition) is 5. The molecule has 2 N–H and O–H groups in total. The van der Waals surface area contributed by atoms with Crippen molar-refractivity contribution in [2.24, 2.45) is 12.8 Å². The molecule has 0 saturated heterocycles. The first-order valence-corrected chi connectivity index (χ1v) is 5.67. The van der Waals surface area contributed by atoms with Crippen molar-refractivity contribution in [1.82, 2.24) is 9.55 Å². The van der Waals surface area contributed by atoms with E-state index in [2.05, 4.69) is 4.98 Å². The SMILES string of the molecule is Cn1cncc1COc1cc(CN)ccc1[N+](=O)[O-]. The standard InChI is InChI=1S/C12H14N4O3/c1-15-8-14-6-10(15)7-19-12-4-9(5-13)2-3-11(12)16(17)18/h2-4,6,8H,5,7,13H2,1H3. The van der Waals surface area contributed by atoms with E-state index in [4.69, 9.17) is 10.5 Å². The van der Waals surface area contributed by atoms with Gasteiger partial charge in [0.1, 0.15) is 6.61 Å². The molecule has 2 aromatic rings. The Kier molecular flexibility index (Phi) is 3.76. The molecule has 0 bridgehead atoms. The average Bonchev–Trinajstić information content (AvgIpc) is 2.81. The van der Waals surface area contributed by atoms with Crippen molar-refractivity contribution in [2.45, 2.75) is 13.2 Å². The highest BCUT2D eigenvalue weighted by molar-refractivity contribution is 5.48. The van der Waals surface area contributed by atoms with Crippen molar-refractivity contribution < 1.29 is 9.66 Å². The van der Waals surface area contributed by atoms with E-state index in [9.17, 15) is 10.1 Å². The van der Waals surface area contributed by atoms with Crippen LogP contribution in [0.5, 0.6) is 5.75 Å². The molecule has 7 nitrogen and oxygen atoms in total. The first kappa shape index (κ1) is 13.0. The summed E-state index contributed by atoms with van der Waals surface area (Å²) in [6, 6.07) is 4.62. The molecule has 1 aromatic heterocycles. The molecule has 19 heavy (non-hydrogen) atoms. The number of rotatable bonds is 5. The Morgan fingerprint density at radius 1 is 1.53 bits per heavy atom. The molecule has 0 amide bonds. The van der Waals surface area contributed by atoms with Crippen LogP contribution in [0.15, 0.2) is 30.7 Å². The van der Waals surface area contributed by atoms with Crippen LogP contribution in [0.25, 0.3) is 0 Å². The Morgan fingerprint density at radius 3 is 2.89 bits per heavy atom. The highest BCUT2D eigenvalue weighted by Gasteiger charge is 2.15. The Morgan fingerprint density at radius 2 is 2.32 bits per heavy atom. The van der Waals surface area contributed by atoms with Crippen molar-refractivity contribution in [1.29, 1.82) is 0 Å². The number of aryl methyl sites for hydroxylation is 1. The van der Waals surface area contributed by atoms with Gasteiger partial charge in [-0.2, -0.15) is 0 Å². The molecule has 1 heterocycles. The highest BCUT2D eigenvalue weighted by Crippen LogP contribution is 2.28. The average molecular weight is 262 g/mol. The van der Waals surface area contributed by atoms with E-state index in [0.29, 0.717) is 6.54 Å². The fourth-order valence-corrected chi connectivity index (χ4v) is 1.63. The van der Waals surface area contributed by atoms with Crippen molar-refractivity contribution in [3.05, 3.63) is 52.1 Å². The van der Waals surface area contributed by atoms with Gasteiger partial charge in [0.15, 0.2) is 5.75 Å². The molecular weight excluding hydrogens is 248 g/mol. The predicted molar refractivity (Wildman–Crippen MR) is 68.5 cm³/mol. The molecule has 0 atom stereocenters. The second-order valence-electron chi connectivity index (χ2n) is 4.05. The molecule has 0 aliphatic heterocycles. The summed E-state index contributed by atoms with van der Waals surface area (Å²) in [7, 11) is 1.83. The number of ether oxygens (including phenoxy) is 1. The van der Waals surface area contributed by atoms with Crippen LogP contribution in [-0.4, -0.2) is 14.5 Å². The van der Waals surface area contributed by atoms with Gasteiger partial charge in [0.25, 0.3) is 0 Å². The Labute approximate surface area is 109 Å². The van der Waals surface area contributed by atoms with Crippen molar-refractivity contribution in [2.75, 3.05) is 0 Å². The molecule has 0 fully saturated rings. The molecule has 0 unspecified atom stereocenters. The van der Waals surface area contributed by atoms with Gasteiger partial charge < -0.3 is 15.0 Å². The van der Waals surface area contributed by atoms with Gasteiger partial charge in [-0.1, -0.05) is 6.07 Å². The topological polar surface area (TPSA) is 96.2 Å². The number of nitro groups is 1. The summed E-state index contributed by atoms with van der Waals surface area (Å²) in [4.78, 5) is 14.4. The lowest BCUT2D eigenvalue weighted by molar-refractivity contribution is -0.386. The molecule has 7 heteroatoms. The van der Waals surface area contributed by atoms with Gasteiger partial charge in [-0.15, -0.1) is 0 Å². The van der Waals surface area contributed by atoms with Crippen LogP contribution in [0.4, 0.5) is 5.69 Å². The molecule has 100 valence electrons. The minimum absolute atomic E-state index is 0.0700. The van der Waals surface area contributed by atoms with Crippen LogP contribution in [0.3, 0.4) is 0 Å². The van der Waals surface area contributed by atoms with Crippen LogP contribution in [-0.2, 0) is 20.2 Å². The van der Waals surface area contributed by atoms with Gasteiger partial charge in [-0.3, -0.25) is 10.1 Å². The summed E-state index contributed by atoms with van der Waals surface area (Å²) >= 11 is 0. The summed E-state index contributed by atoms with van der Waals surface area (Å²) in [5.74, 6) is 0.217. The van der Waals surface area contributed by atoms with E-state index >= 15 is 0 Å². The maximum absolute atomic E-state index is 10.9. The zero-order chi connectivity index (χ0) is 13.8. The Bertz CT molecular complexity index is 594. The van der Waals surface area contributed by atoms with Crippen molar-refractivity contribution in [3.8, 4) is 5.75 Å². The molecular formula is C12H14N4O3. The number of nitro benzene ring substituents is 1. The molecule has 2 rings (SSSR count). The smallest absolute Gasteiger partial charge is 0.310 e. The maximum atomic E-state index is 10.9. The quantitative estimate of drug-likeness (QED) is 0.648. The van der Waals surface area contributed by atoms with Gasteiger partial charge in [0, 0.05) is 19.7 Å². The third kappa shape index (κ3) is 2.89. The summed E-state index contributed by atoms with van der Waals surface area (Å²) in [5, 5.41) is 10.9. The number of nitrogens with zero attached hydrogens (tertiary/aromatic N) is 3. The van der Waals surface area contributed by atoms with E-state index in [0.717, 1.165) is 11.3 Å². The largest absolute Gasteiger partial charge is 0.480 e. The van der Waals surface area contributed by atoms with E-state index in [1.807, 2.05) is 7.05 Å². The van der Waals surface area contributed by atoms with Crippen LogP contribution in [0.1, 0.15) is 11.3 Å². The lowest BCUT2D eigenvalue weighted by Crippen LogP contribution is -2.04. The molecule has 0 saturated carbocycles. The lowest BCUT2D eigenvalue weighted by atomic mass is 10.2. The van der Waals surface area contributed by atoms with Crippen LogP contribution < -0.4 is 10.5 Å². The summed E-state index contributed by atoms with van der Waals surface area (Å²) in [6.07, 6.45) is 3.29. The zero-order valence-corrected chi connectivity index (χ0v) is 10.4. The fourth-order valence-electron chi connectivity index (χ4n) is 1.63. The molecule has 0 aliphatic carbocycles. The maximum Gasteiger partial charge on any atom is 0.310 e. The van der Waals surface area contributed by atoms with Gasteiger partial charge >= 0.3 is 5.69 Å². The molecule has 1 aromatic carbocycles. The Balaban J connectivity index is 2.22. The second kappa shape index (κ2) is 5.49. The highest BCUT2D eigenvalue weighted by atomic mass is 16.6. The number of nitrogens with two attached hydrogens (primary N) is 1. The minimum Gasteiger partial charge on any atom is -0.480 e. The van der Waals surface area contributed by atoms with E-state index in [1.165, 1.54) is 6.07 Å². The fraction of sp³-hybridized carbons (Fsp3) is 0.250. The normalized spacial score (nSPS) is 10.4. The first-order valence-electron chi connectivity index (χ1n) is 5.67. The summed E-state index contributed by atoms with van der Waals surface area (Å²) < 4.78 is 7.30. The monoisotopic (exact) mass is 262 g/mol. The van der Waals surface area contributed by atoms with Crippen molar-refractivity contribution in [3.63, 3.8) is 0 Å². The van der Waals surface area contributed by atoms with Gasteiger partial charge in [0.2, 0.25) is 0 Å². The summed E-state index contributed by atoms with van der Waals surface area (Å²) in [6.45, 7) is 0.519. The van der Waals surface area contributed by atoms with Crippen LogP contribution in [0.2, 0.25) is 0 Å². The predicted octanol–water partition coefficient (Wildman–Crippen LogP) is 1.37. The zero-order valence-electron chi connectivity index (χ0n) is 10.4. The Hall–Kier alpha value is -2.41. The lowest BCUT2D eigenvalue weighted by Gasteiger charge is -2.08. The molecule has 0 radical (unpaired) electrons. The third-order valence-electron chi connectivity index (χ3n) is 2.75. The van der Waals surface area contributed by atoms with E-state index < -0.39 is 4.92 Å². The van der Waals surface area contributed by atoms with Gasteiger partial charge in [0.05, 0.1) is 23.1 Å².